The molecule has 0 radical (unpaired) electrons. The fraction of sp³-hybridized carbons (Fsp3) is 0.212. The van der Waals surface area contributed by atoms with Crippen LogP contribution in [0.3, 0.4) is 0 Å². The predicted octanol–water partition coefficient (Wildman–Crippen LogP) is 3.84. The van der Waals surface area contributed by atoms with Gasteiger partial charge in [0.25, 0.3) is 0 Å². The number of esters is 4. The lowest BCUT2D eigenvalue weighted by molar-refractivity contribution is -0.139. The maximum Gasteiger partial charge on any atom is 0.355 e. The highest BCUT2D eigenvalue weighted by Crippen LogP contribution is 2.43. The standard InChI is InChI=1S/C33H30N4O8/c1-17-23(30(38)42-3)26(24(18(2)36-17)31(39)43-4)20-12-14-21(15-13-20)37-28(33(41)45-6)27(32(40)44-5)25(22(16-34)29(37)35)19-10-8-7-9-11-19/h7-15,25H,35H2,1-6H3. The fourth-order valence-electron chi connectivity index (χ4n) is 5.40. The Kier molecular flexibility index (Phi) is 9.33. The Bertz CT molecular complexity index is 1760. The van der Waals surface area contributed by atoms with E-state index in [0.717, 1.165) is 14.2 Å². The first kappa shape index (κ1) is 32.0. The van der Waals surface area contributed by atoms with E-state index < -0.39 is 29.8 Å². The van der Waals surface area contributed by atoms with Crippen LogP contribution in [-0.4, -0.2) is 57.3 Å². The minimum atomic E-state index is -1.03. The second kappa shape index (κ2) is 13.1. The summed E-state index contributed by atoms with van der Waals surface area (Å²) in [5, 5.41) is 10.3. The average molecular weight is 611 g/mol. The van der Waals surface area contributed by atoms with Crippen LogP contribution in [0.4, 0.5) is 5.69 Å². The summed E-state index contributed by atoms with van der Waals surface area (Å²) in [6, 6.07) is 17.0. The number of nitrogens with zero attached hydrogens (tertiary/aromatic N) is 3. The van der Waals surface area contributed by atoms with Gasteiger partial charge in [0.15, 0.2) is 0 Å². The first-order chi connectivity index (χ1) is 21.6. The van der Waals surface area contributed by atoms with Crippen LogP contribution in [0.2, 0.25) is 0 Å². The van der Waals surface area contributed by atoms with Crippen molar-refractivity contribution < 1.29 is 38.1 Å². The van der Waals surface area contributed by atoms with E-state index in [1.807, 2.05) is 0 Å². The molecule has 2 heterocycles. The maximum atomic E-state index is 13.4. The van der Waals surface area contributed by atoms with E-state index in [9.17, 15) is 24.4 Å². The van der Waals surface area contributed by atoms with Crippen molar-refractivity contribution in [2.24, 2.45) is 5.73 Å². The third kappa shape index (κ3) is 5.59. The summed E-state index contributed by atoms with van der Waals surface area (Å²) in [7, 11) is 4.74. The molecule has 4 rings (SSSR count). The monoisotopic (exact) mass is 610 g/mol. The highest BCUT2D eigenvalue weighted by atomic mass is 16.5. The zero-order chi connectivity index (χ0) is 33.0. The highest BCUT2D eigenvalue weighted by molar-refractivity contribution is 6.08. The number of hydrogen-bond acceptors (Lipinski definition) is 12. The first-order valence-corrected chi connectivity index (χ1v) is 13.5. The Balaban J connectivity index is 2.01. The van der Waals surface area contributed by atoms with Gasteiger partial charge >= 0.3 is 23.9 Å². The molecule has 2 N–H and O–H groups in total. The van der Waals surface area contributed by atoms with Crippen LogP contribution < -0.4 is 10.6 Å². The van der Waals surface area contributed by atoms with Gasteiger partial charge in [0.2, 0.25) is 0 Å². The summed E-state index contributed by atoms with van der Waals surface area (Å²) in [5.41, 5.74) is 8.42. The molecule has 1 aliphatic heterocycles. The molecule has 3 aromatic rings. The SMILES string of the molecule is COC(=O)C1=C(C(=O)OC)N(c2ccc(-c3c(C(=O)OC)c(C)nc(C)c3C(=O)OC)cc2)C(N)=C(C#N)C1c1ccccc1. The number of hydrogen-bond donors (Lipinski definition) is 1. The molecule has 0 aliphatic carbocycles. The number of ether oxygens (including phenoxy) is 4. The number of nitrogens with two attached hydrogens (primary N) is 1. The van der Waals surface area contributed by atoms with Crippen molar-refractivity contribution in [2.45, 2.75) is 19.8 Å². The lowest BCUT2D eigenvalue weighted by atomic mass is 9.81. The number of anilines is 1. The maximum absolute atomic E-state index is 13.4. The molecular formula is C33H30N4O8. The number of aryl methyl sites for hydroxylation is 2. The fourth-order valence-corrected chi connectivity index (χ4v) is 5.40. The van der Waals surface area contributed by atoms with Gasteiger partial charge in [0, 0.05) is 11.3 Å². The molecule has 1 aromatic heterocycles. The quantitative estimate of drug-likeness (QED) is 0.303. The average Bonchev–Trinajstić information content (AvgIpc) is 3.06. The third-order valence-electron chi connectivity index (χ3n) is 7.36. The van der Waals surface area contributed by atoms with E-state index in [0.29, 0.717) is 22.5 Å². The van der Waals surface area contributed by atoms with Gasteiger partial charge in [-0.1, -0.05) is 42.5 Å². The third-order valence-corrected chi connectivity index (χ3v) is 7.36. The number of methoxy groups -OCH3 is 4. The first-order valence-electron chi connectivity index (χ1n) is 13.5. The zero-order valence-electron chi connectivity index (χ0n) is 25.5. The van der Waals surface area contributed by atoms with Crippen molar-refractivity contribution >= 4 is 29.6 Å². The van der Waals surface area contributed by atoms with Crippen molar-refractivity contribution in [2.75, 3.05) is 33.3 Å². The molecule has 0 saturated heterocycles. The predicted molar refractivity (Wildman–Crippen MR) is 161 cm³/mol. The van der Waals surface area contributed by atoms with Gasteiger partial charge in [-0.2, -0.15) is 5.26 Å². The van der Waals surface area contributed by atoms with Gasteiger partial charge in [-0.25, -0.2) is 19.2 Å². The van der Waals surface area contributed by atoms with E-state index in [4.69, 9.17) is 24.7 Å². The molecule has 2 aromatic carbocycles. The number of aromatic nitrogens is 1. The lowest BCUT2D eigenvalue weighted by Crippen LogP contribution is -2.40. The Hall–Kier alpha value is -5.96. The topological polar surface area (TPSA) is 171 Å². The van der Waals surface area contributed by atoms with Crippen LogP contribution in [-0.2, 0) is 28.5 Å². The van der Waals surface area contributed by atoms with Gasteiger partial charge < -0.3 is 24.7 Å². The summed E-state index contributed by atoms with van der Waals surface area (Å²) in [6.45, 7) is 3.23. The van der Waals surface area contributed by atoms with Gasteiger partial charge in [0.1, 0.15) is 11.5 Å². The molecule has 230 valence electrons. The minimum Gasteiger partial charge on any atom is -0.466 e. The summed E-state index contributed by atoms with van der Waals surface area (Å²) < 4.78 is 20.1. The molecule has 1 atom stereocenters. The molecule has 1 unspecified atom stereocenters. The van der Waals surface area contributed by atoms with Gasteiger partial charge in [0.05, 0.1) is 74.1 Å². The number of carbonyl (C=O) groups excluding carboxylic acids is 4. The van der Waals surface area contributed by atoms with Crippen molar-refractivity contribution in [3.63, 3.8) is 0 Å². The highest BCUT2D eigenvalue weighted by Gasteiger charge is 2.43. The Morgan fingerprint density at radius 3 is 1.76 bits per heavy atom. The molecule has 0 saturated carbocycles. The van der Waals surface area contributed by atoms with Crippen molar-refractivity contribution in [3.05, 3.63) is 105 Å². The van der Waals surface area contributed by atoms with Crippen LogP contribution >= 0.6 is 0 Å². The van der Waals surface area contributed by atoms with Crippen LogP contribution in [0, 0.1) is 25.2 Å². The lowest BCUT2D eigenvalue weighted by Gasteiger charge is -2.36. The van der Waals surface area contributed by atoms with E-state index in [-0.39, 0.29) is 45.0 Å². The van der Waals surface area contributed by atoms with E-state index in [2.05, 4.69) is 11.1 Å². The van der Waals surface area contributed by atoms with Crippen molar-refractivity contribution in [3.8, 4) is 17.2 Å². The molecule has 0 amide bonds. The minimum absolute atomic E-state index is 0.000307. The van der Waals surface area contributed by atoms with Crippen LogP contribution in [0.15, 0.2) is 77.3 Å². The number of benzene rings is 2. The van der Waals surface area contributed by atoms with Gasteiger partial charge in [-0.15, -0.1) is 0 Å². The number of rotatable bonds is 7. The second-order valence-electron chi connectivity index (χ2n) is 9.77. The van der Waals surface area contributed by atoms with Gasteiger partial charge in [-0.05, 0) is 37.1 Å². The van der Waals surface area contributed by atoms with Crippen LogP contribution in [0.25, 0.3) is 11.1 Å². The normalized spacial score (nSPS) is 14.4. The number of carbonyl (C=O) groups is 4. The largest absolute Gasteiger partial charge is 0.466 e. The Labute approximate surface area is 259 Å². The number of pyridine rings is 1. The Morgan fingerprint density at radius 2 is 1.29 bits per heavy atom. The summed E-state index contributed by atoms with van der Waals surface area (Å²) in [4.78, 5) is 58.0. The molecule has 1 aliphatic rings. The van der Waals surface area contributed by atoms with E-state index in [1.54, 1.807) is 68.4 Å². The second-order valence-corrected chi connectivity index (χ2v) is 9.77. The van der Waals surface area contributed by atoms with E-state index >= 15 is 0 Å². The van der Waals surface area contributed by atoms with Crippen LogP contribution in [0.5, 0.6) is 0 Å². The number of allylic oxidation sites excluding steroid dienone is 1. The molecule has 0 fully saturated rings. The molecule has 0 bridgehead atoms. The summed E-state index contributed by atoms with van der Waals surface area (Å²) in [5.74, 6) is -4.33. The zero-order valence-corrected chi connectivity index (χ0v) is 25.5. The van der Waals surface area contributed by atoms with Crippen molar-refractivity contribution in [1.29, 1.82) is 5.26 Å². The molecule has 12 heteroatoms. The number of nitriles is 1. The molecule has 0 spiro atoms. The Morgan fingerprint density at radius 1 is 0.778 bits per heavy atom. The molecular weight excluding hydrogens is 580 g/mol. The van der Waals surface area contributed by atoms with Gasteiger partial charge in [-0.3, -0.25) is 9.88 Å². The molecule has 45 heavy (non-hydrogen) atoms. The van der Waals surface area contributed by atoms with Crippen molar-refractivity contribution in [1.82, 2.24) is 4.98 Å². The smallest absolute Gasteiger partial charge is 0.355 e. The summed E-state index contributed by atoms with van der Waals surface area (Å²) in [6.07, 6.45) is 0. The summed E-state index contributed by atoms with van der Waals surface area (Å²) >= 11 is 0. The van der Waals surface area contributed by atoms with E-state index in [1.165, 1.54) is 19.1 Å². The van der Waals surface area contributed by atoms with Crippen LogP contribution in [0.1, 0.15) is 43.6 Å². The molecule has 12 nitrogen and oxygen atoms in total.